The Morgan fingerprint density at radius 1 is 1.14 bits per heavy atom. The summed E-state index contributed by atoms with van der Waals surface area (Å²) in [6.07, 6.45) is 2.87. The lowest BCUT2D eigenvalue weighted by Crippen LogP contribution is -2.27. The van der Waals surface area contributed by atoms with Gasteiger partial charge in [-0.1, -0.05) is 12.1 Å². The summed E-state index contributed by atoms with van der Waals surface area (Å²) in [4.78, 5) is 29.7. The molecule has 0 radical (unpaired) electrons. The van der Waals surface area contributed by atoms with Gasteiger partial charge in [-0.3, -0.25) is 14.2 Å². The molecule has 0 aliphatic heterocycles. The average molecular weight is 392 g/mol. The van der Waals surface area contributed by atoms with Gasteiger partial charge in [0.25, 0.3) is 5.56 Å². The third kappa shape index (κ3) is 3.79. The number of aromatic nitrogens is 5. The van der Waals surface area contributed by atoms with Gasteiger partial charge in [-0.25, -0.2) is 4.98 Å². The predicted octanol–water partition coefficient (Wildman–Crippen LogP) is 2.31. The number of nitrogens with zero attached hydrogens (tertiary/aromatic N) is 5. The van der Waals surface area contributed by atoms with Crippen LogP contribution in [0.25, 0.3) is 11.0 Å². The molecule has 0 fully saturated rings. The predicted molar refractivity (Wildman–Crippen MR) is 106 cm³/mol. The lowest BCUT2D eigenvalue weighted by atomic mass is 10.3. The van der Waals surface area contributed by atoms with Crippen LogP contribution in [0.2, 0.25) is 0 Å². The molecule has 0 spiro atoms. The van der Waals surface area contributed by atoms with Crippen LogP contribution in [0.1, 0.15) is 0 Å². The van der Waals surface area contributed by atoms with Crippen LogP contribution in [0.3, 0.4) is 0 Å². The monoisotopic (exact) mass is 392 g/mol. The maximum absolute atomic E-state index is 12.4. The second-order valence-electron chi connectivity index (χ2n) is 6.07. The summed E-state index contributed by atoms with van der Waals surface area (Å²) in [5.74, 6) is -0.285. The number of anilines is 1. The minimum atomic E-state index is -0.315. The van der Waals surface area contributed by atoms with Crippen LogP contribution in [-0.4, -0.2) is 30.2 Å². The number of hydrogen-bond acceptors (Lipinski definition) is 6. The summed E-state index contributed by atoms with van der Waals surface area (Å²) in [5, 5.41) is 11.5. The third-order valence-corrected chi connectivity index (χ3v) is 5.13. The topological polar surface area (TPSA) is 94.7 Å². The number of nitrogens with one attached hydrogen (secondary N) is 1. The molecule has 0 saturated heterocycles. The number of rotatable bonds is 5. The third-order valence-electron chi connectivity index (χ3n) is 4.07. The van der Waals surface area contributed by atoms with Crippen LogP contribution in [0.4, 0.5) is 5.69 Å². The van der Waals surface area contributed by atoms with Gasteiger partial charge in [0, 0.05) is 17.6 Å². The van der Waals surface area contributed by atoms with E-state index in [2.05, 4.69) is 20.5 Å². The van der Waals surface area contributed by atoms with E-state index in [4.69, 9.17) is 0 Å². The first kappa shape index (κ1) is 17.9. The normalized spacial score (nSPS) is 10.9. The summed E-state index contributed by atoms with van der Waals surface area (Å²) in [6, 6.07) is 14.6. The summed E-state index contributed by atoms with van der Waals surface area (Å²) in [6.45, 7) is -0.0860. The van der Waals surface area contributed by atoms with E-state index in [-0.39, 0.29) is 18.0 Å². The molecule has 0 aliphatic rings. The Bertz CT molecular complexity index is 1200. The van der Waals surface area contributed by atoms with Crippen LogP contribution >= 0.6 is 11.8 Å². The number of para-hydroxylation sites is 2. The van der Waals surface area contributed by atoms with E-state index in [1.807, 2.05) is 48.0 Å². The smallest absolute Gasteiger partial charge is 0.269 e. The first-order valence-corrected chi connectivity index (χ1v) is 9.28. The van der Waals surface area contributed by atoms with Crippen LogP contribution < -0.4 is 10.9 Å². The summed E-state index contributed by atoms with van der Waals surface area (Å²) in [5.41, 5.74) is 1.63. The van der Waals surface area contributed by atoms with Crippen molar-refractivity contribution in [2.24, 2.45) is 7.05 Å². The number of carbonyl (C=O) groups excluding carboxylic acids is 1. The van der Waals surface area contributed by atoms with Gasteiger partial charge in [0.15, 0.2) is 5.16 Å². The molecule has 1 N–H and O–H groups in total. The van der Waals surface area contributed by atoms with E-state index in [1.54, 1.807) is 18.5 Å². The van der Waals surface area contributed by atoms with Crippen molar-refractivity contribution in [1.29, 1.82) is 0 Å². The van der Waals surface area contributed by atoms with Gasteiger partial charge >= 0.3 is 0 Å². The van der Waals surface area contributed by atoms with Gasteiger partial charge in [-0.05, 0) is 48.2 Å². The highest BCUT2D eigenvalue weighted by Crippen LogP contribution is 2.26. The van der Waals surface area contributed by atoms with Crippen molar-refractivity contribution in [2.75, 3.05) is 5.32 Å². The van der Waals surface area contributed by atoms with Gasteiger partial charge < -0.3 is 9.88 Å². The summed E-state index contributed by atoms with van der Waals surface area (Å²) < 4.78 is 3.24. The largest absolute Gasteiger partial charge is 0.325 e. The summed E-state index contributed by atoms with van der Waals surface area (Å²) in [7, 11) is 1.88. The maximum atomic E-state index is 12.4. The lowest BCUT2D eigenvalue weighted by molar-refractivity contribution is -0.116. The molecule has 28 heavy (non-hydrogen) atoms. The molecule has 140 valence electrons. The van der Waals surface area contributed by atoms with E-state index in [1.165, 1.54) is 22.5 Å². The second-order valence-corrected chi connectivity index (χ2v) is 7.11. The zero-order valence-corrected chi connectivity index (χ0v) is 15.8. The van der Waals surface area contributed by atoms with Gasteiger partial charge in [0.2, 0.25) is 5.91 Å². The van der Waals surface area contributed by atoms with E-state index >= 15 is 0 Å². The van der Waals surface area contributed by atoms with E-state index in [0.29, 0.717) is 16.7 Å². The zero-order valence-electron chi connectivity index (χ0n) is 14.9. The van der Waals surface area contributed by atoms with Crippen molar-refractivity contribution in [3.8, 4) is 0 Å². The Labute approximate surface area is 164 Å². The van der Waals surface area contributed by atoms with Gasteiger partial charge in [0.1, 0.15) is 12.9 Å². The molecule has 0 aliphatic carbocycles. The van der Waals surface area contributed by atoms with Crippen LogP contribution in [0, 0.1) is 0 Å². The maximum Gasteiger partial charge on any atom is 0.269 e. The molecule has 0 atom stereocenters. The van der Waals surface area contributed by atoms with Crippen molar-refractivity contribution in [3.63, 3.8) is 0 Å². The Morgan fingerprint density at radius 3 is 2.68 bits per heavy atom. The molecule has 0 bridgehead atoms. The van der Waals surface area contributed by atoms with Gasteiger partial charge in [-0.2, -0.15) is 0 Å². The molecule has 0 saturated carbocycles. The molecule has 4 rings (SSSR count). The fourth-order valence-electron chi connectivity index (χ4n) is 2.70. The fraction of sp³-hybridized carbons (Fsp3) is 0.105. The minimum absolute atomic E-state index is 0.0860. The standard InChI is InChI=1S/C19H16N6O2S/c1-24-12-21-23-19(24)28-14-8-6-13(7-9-14)22-17(26)11-25-16-5-3-2-4-15(16)20-10-18(25)27/h2-10,12H,11H2,1H3,(H,22,26). The number of hydrogen-bond donors (Lipinski definition) is 1. The van der Waals surface area contributed by atoms with Gasteiger partial charge in [0.05, 0.1) is 17.2 Å². The van der Waals surface area contributed by atoms with Crippen molar-refractivity contribution in [1.82, 2.24) is 24.3 Å². The van der Waals surface area contributed by atoms with E-state index in [0.717, 1.165) is 10.1 Å². The second kappa shape index (κ2) is 7.65. The van der Waals surface area contributed by atoms with Crippen LogP contribution in [0.5, 0.6) is 0 Å². The molecule has 1 amide bonds. The zero-order chi connectivity index (χ0) is 19.5. The molecule has 2 aromatic heterocycles. The van der Waals surface area contributed by atoms with Crippen LogP contribution in [-0.2, 0) is 18.4 Å². The number of amides is 1. The van der Waals surface area contributed by atoms with Crippen molar-refractivity contribution in [3.05, 3.63) is 71.4 Å². The number of aryl methyl sites for hydroxylation is 1. The number of carbonyl (C=O) groups is 1. The molecule has 0 unspecified atom stereocenters. The fourth-order valence-corrected chi connectivity index (χ4v) is 3.46. The highest BCUT2D eigenvalue weighted by atomic mass is 32.2. The molecular formula is C19H16N6O2S. The molecule has 2 heterocycles. The van der Waals surface area contributed by atoms with Crippen molar-refractivity contribution < 1.29 is 4.79 Å². The molecule has 9 heteroatoms. The first-order valence-electron chi connectivity index (χ1n) is 8.46. The van der Waals surface area contributed by atoms with Crippen molar-refractivity contribution >= 4 is 34.4 Å². The Morgan fingerprint density at radius 2 is 1.93 bits per heavy atom. The summed E-state index contributed by atoms with van der Waals surface area (Å²) >= 11 is 1.48. The SMILES string of the molecule is Cn1cnnc1Sc1ccc(NC(=O)Cn2c(=O)cnc3ccccc32)cc1. The molecule has 8 nitrogen and oxygen atoms in total. The van der Waals surface area contributed by atoms with E-state index < -0.39 is 0 Å². The Hall–Kier alpha value is -3.46. The Balaban J connectivity index is 1.47. The molecule has 2 aromatic carbocycles. The number of fused-ring (bicyclic) bond motifs is 1. The van der Waals surface area contributed by atoms with Crippen molar-refractivity contribution in [2.45, 2.75) is 16.6 Å². The first-order chi connectivity index (χ1) is 13.6. The highest BCUT2D eigenvalue weighted by Gasteiger charge is 2.10. The highest BCUT2D eigenvalue weighted by molar-refractivity contribution is 7.99. The number of benzene rings is 2. The minimum Gasteiger partial charge on any atom is -0.325 e. The molecule has 4 aromatic rings. The van der Waals surface area contributed by atoms with Crippen LogP contribution in [0.15, 0.2) is 75.9 Å². The quantitative estimate of drug-likeness (QED) is 0.560. The Kier molecular flexibility index (Phi) is 4.90. The van der Waals surface area contributed by atoms with Gasteiger partial charge in [-0.15, -0.1) is 10.2 Å². The van der Waals surface area contributed by atoms with E-state index in [9.17, 15) is 9.59 Å². The lowest BCUT2D eigenvalue weighted by Gasteiger charge is -2.10. The molecular weight excluding hydrogens is 376 g/mol. The average Bonchev–Trinajstić information content (AvgIpc) is 3.10.